The van der Waals surface area contributed by atoms with Crippen molar-refractivity contribution in [1.82, 2.24) is 25.0 Å². The number of piperidine rings is 1. The number of likely N-dealkylation sites (N-methyl/N-ethyl adjacent to an activating group) is 1. The average Bonchev–Trinajstić information content (AvgIpc) is 2.69. The molecular weight excluding hydrogens is 226 g/mol. The molecule has 0 aliphatic carbocycles. The van der Waals surface area contributed by atoms with E-state index in [0.29, 0.717) is 0 Å². The molecule has 0 atom stereocenters. The summed E-state index contributed by atoms with van der Waals surface area (Å²) in [6.45, 7) is 6.38. The van der Waals surface area contributed by atoms with Crippen LogP contribution in [0.1, 0.15) is 24.5 Å². The fraction of sp³-hybridized carbons (Fsp3) is 0.846. The molecule has 2 heterocycles. The number of hydrogen-bond acceptors (Lipinski definition) is 4. The first kappa shape index (κ1) is 13.5. The molecule has 102 valence electrons. The van der Waals surface area contributed by atoms with Crippen molar-refractivity contribution >= 4 is 0 Å². The summed E-state index contributed by atoms with van der Waals surface area (Å²) in [6.07, 6.45) is 3.61. The zero-order valence-electron chi connectivity index (χ0n) is 11.8. The first-order valence-corrected chi connectivity index (χ1v) is 6.91. The van der Waals surface area contributed by atoms with Gasteiger partial charge in [0.1, 0.15) is 11.6 Å². The smallest absolute Gasteiger partial charge is 0.133 e. The molecule has 1 N–H and O–H groups in total. The third-order valence-corrected chi connectivity index (χ3v) is 3.71. The maximum Gasteiger partial charge on any atom is 0.133 e. The third kappa shape index (κ3) is 3.53. The first-order valence-electron chi connectivity index (χ1n) is 6.91. The lowest BCUT2D eigenvalue weighted by atomic mass is 9.94. The minimum absolute atomic E-state index is 0.771. The van der Waals surface area contributed by atoms with Gasteiger partial charge in [-0.2, -0.15) is 0 Å². The predicted molar refractivity (Wildman–Crippen MR) is 72.6 cm³/mol. The van der Waals surface area contributed by atoms with E-state index in [1.807, 2.05) is 0 Å². The lowest BCUT2D eigenvalue weighted by molar-refractivity contribution is 0.350. The van der Waals surface area contributed by atoms with Gasteiger partial charge in [-0.25, -0.2) is 0 Å². The van der Waals surface area contributed by atoms with Crippen LogP contribution in [-0.4, -0.2) is 53.4 Å². The van der Waals surface area contributed by atoms with Crippen molar-refractivity contribution in [1.29, 1.82) is 0 Å². The van der Waals surface area contributed by atoms with E-state index in [2.05, 4.69) is 46.0 Å². The molecule has 0 saturated carbocycles. The summed E-state index contributed by atoms with van der Waals surface area (Å²) in [7, 11) is 4.21. The average molecular weight is 251 g/mol. The van der Waals surface area contributed by atoms with E-state index in [1.165, 1.54) is 18.7 Å². The highest BCUT2D eigenvalue weighted by Gasteiger charge is 2.17. The summed E-state index contributed by atoms with van der Waals surface area (Å²) >= 11 is 0. The van der Waals surface area contributed by atoms with E-state index in [-0.39, 0.29) is 0 Å². The fourth-order valence-electron chi connectivity index (χ4n) is 2.51. The lowest BCUT2D eigenvalue weighted by Crippen LogP contribution is -2.29. The molecule has 1 fully saturated rings. The second-order valence-corrected chi connectivity index (χ2v) is 5.52. The Bertz CT molecular complexity index is 365. The number of nitrogens with one attached hydrogen (secondary N) is 1. The molecule has 0 aromatic carbocycles. The van der Waals surface area contributed by atoms with Crippen molar-refractivity contribution in [3.05, 3.63) is 11.6 Å². The van der Waals surface area contributed by atoms with Gasteiger partial charge in [0.05, 0.1) is 0 Å². The van der Waals surface area contributed by atoms with Gasteiger partial charge in [0.25, 0.3) is 0 Å². The second-order valence-electron chi connectivity index (χ2n) is 5.52. The molecule has 0 unspecified atom stereocenters. The fourth-order valence-corrected chi connectivity index (χ4v) is 2.51. The van der Waals surface area contributed by atoms with Gasteiger partial charge >= 0.3 is 0 Å². The lowest BCUT2D eigenvalue weighted by Gasteiger charge is -2.22. The molecule has 5 heteroatoms. The quantitative estimate of drug-likeness (QED) is 0.836. The monoisotopic (exact) mass is 251 g/mol. The highest BCUT2D eigenvalue weighted by Crippen LogP contribution is 2.17. The predicted octanol–water partition coefficient (Wildman–Crippen LogP) is 0.690. The van der Waals surface area contributed by atoms with Crippen LogP contribution in [0.3, 0.4) is 0 Å². The van der Waals surface area contributed by atoms with E-state index in [4.69, 9.17) is 0 Å². The molecule has 1 aliphatic heterocycles. The van der Waals surface area contributed by atoms with Gasteiger partial charge in [-0.05, 0) is 52.9 Å². The minimum atomic E-state index is 0.771. The zero-order chi connectivity index (χ0) is 13.0. The number of nitrogens with zero attached hydrogens (tertiary/aromatic N) is 4. The molecule has 0 bridgehead atoms. The first-order chi connectivity index (χ1) is 8.66. The molecule has 2 rings (SSSR count). The second kappa shape index (κ2) is 6.29. The van der Waals surface area contributed by atoms with E-state index >= 15 is 0 Å². The maximum atomic E-state index is 4.36. The van der Waals surface area contributed by atoms with Crippen molar-refractivity contribution in [2.75, 3.05) is 33.7 Å². The van der Waals surface area contributed by atoms with Crippen LogP contribution in [0, 0.1) is 12.8 Å². The van der Waals surface area contributed by atoms with Gasteiger partial charge in [0, 0.05) is 19.5 Å². The Labute approximate surface area is 110 Å². The highest BCUT2D eigenvalue weighted by molar-refractivity contribution is 4.96. The molecule has 5 nitrogen and oxygen atoms in total. The molecular formula is C13H25N5. The largest absolute Gasteiger partial charge is 0.317 e. The highest BCUT2D eigenvalue weighted by atomic mass is 15.3. The number of rotatable bonds is 5. The van der Waals surface area contributed by atoms with Gasteiger partial charge in [-0.3, -0.25) is 0 Å². The SMILES string of the molecule is Cc1nnc(CC2CCNCC2)n1CCN(C)C. The Balaban J connectivity index is 1.98. The number of aromatic nitrogens is 3. The molecule has 1 saturated heterocycles. The summed E-state index contributed by atoms with van der Waals surface area (Å²) in [6, 6.07) is 0. The van der Waals surface area contributed by atoms with Crippen molar-refractivity contribution in [2.45, 2.75) is 32.7 Å². The summed E-state index contributed by atoms with van der Waals surface area (Å²) in [5, 5.41) is 12.0. The van der Waals surface area contributed by atoms with E-state index < -0.39 is 0 Å². The van der Waals surface area contributed by atoms with Crippen LogP contribution in [0.15, 0.2) is 0 Å². The van der Waals surface area contributed by atoms with E-state index in [0.717, 1.165) is 44.3 Å². The van der Waals surface area contributed by atoms with Crippen LogP contribution in [0.4, 0.5) is 0 Å². The summed E-state index contributed by atoms with van der Waals surface area (Å²) < 4.78 is 2.28. The van der Waals surface area contributed by atoms with Crippen LogP contribution in [0.25, 0.3) is 0 Å². The van der Waals surface area contributed by atoms with Gasteiger partial charge in [0.2, 0.25) is 0 Å². The summed E-state index contributed by atoms with van der Waals surface area (Å²) in [5.41, 5.74) is 0. The van der Waals surface area contributed by atoms with Crippen molar-refractivity contribution < 1.29 is 0 Å². The molecule has 18 heavy (non-hydrogen) atoms. The Morgan fingerprint density at radius 2 is 2.00 bits per heavy atom. The Hall–Kier alpha value is -0.940. The van der Waals surface area contributed by atoms with Crippen molar-refractivity contribution in [3.63, 3.8) is 0 Å². The standard InChI is InChI=1S/C13H25N5/c1-11-15-16-13(18(11)9-8-17(2)3)10-12-4-6-14-7-5-12/h12,14H,4-10H2,1-3H3. The van der Waals surface area contributed by atoms with Gasteiger partial charge in [0.15, 0.2) is 0 Å². The Kier molecular flexibility index (Phi) is 4.72. The molecule has 0 amide bonds. The van der Waals surface area contributed by atoms with Gasteiger partial charge in [-0.15, -0.1) is 10.2 Å². The summed E-state index contributed by atoms with van der Waals surface area (Å²) in [5.74, 6) is 2.98. The zero-order valence-corrected chi connectivity index (χ0v) is 11.8. The Morgan fingerprint density at radius 1 is 1.28 bits per heavy atom. The van der Waals surface area contributed by atoms with Gasteiger partial charge in [-0.1, -0.05) is 0 Å². The third-order valence-electron chi connectivity index (χ3n) is 3.71. The Morgan fingerprint density at radius 3 is 2.67 bits per heavy atom. The molecule has 1 aromatic rings. The normalized spacial score (nSPS) is 17.6. The van der Waals surface area contributed by atoms with Crippen LogP contribution < -0.4 is 5.32 Å². The minimum Gasteiger partial charge on any atom is -0.317 e. The van der Waals surface area contributed by atoms with Gasteiger partial charge < -0.3 is 14.8 Å². The molecule has 0 radical (unpaired) electrons. The number of hydrogen-bond donors (Lipinski definition) is 1. The molecule has 0 spiro atoms. The molecule has 1 aliphatic rings. The van der Waals surface area contributed by atoms with Crippen LogP contribution in [-0.2, 0) is 13.0 Å². The summed E-state index contributed by atoms with van der Waals surface area (Å²) in [4.78, 5) is 2.20. The van der Waals surface area contributed by atoms with E-state index in [9.17, 15) is 0 Å². The topological polar surface area (TPSA) is 46.0 Å². The van der Waals surface area contributed by atoms with Crippen LogP contribution in [0.2, 0.25) is 0 Å². The van der Waals surface area contributed by atoms with Crippen LogP contribution in [0.5, 0.6) is 0 Å². The molecule has 1 aromatic heterocycles. The maximum absolute atomic E-state index is 4.36. The van der Waals surface area contributed by atoms with E-state index in [1.54, 1.807) is 0 Å². The van der Waals surface area contributed by atoms with Crippen LogP contribution >= 0.6 is 0 Å². The number of aryl methyl sites for hydroxylation is 1. The van der Waals surface area contributed by atoms with Crippen molar-refractivity contribution in [2.24, 2.45) is 5.92 Å². The van der Waals surface area contributed by atoms with Crippen molar-refractivity contribution in [3.8, 4) is 0 Å².